The van der Waals surface area contributed by atoms with Crippen molar-refractivity contribution >= 4 is 11.6 Å². The molecule has 0 aliphatic carbocycles. The average molecular weight is 531 g/mol. The average Bonchev–Trinajstić information content (AvgIpc) is 2.74. The maximum absolute atomic E-state index is 14.0. The molecule has 0 bridgehead atoms. The summed E-state index contributed by atoms with van der Waals surface area (Å²) in [4.78, 5) is 11.7. The molecule has 2 aromatic carbocycles. The Morgan fingerprint density at radius 3 is 1.57 bits per heavy atom. The fourth-order valence-corrected chi connectivity index (χ4v) is 2.39. The van der Waals surface area contributed by atoms with Crippen molar-refractivity contribution in [2.24, 2.45) is 0 Å². The summed E-state index contributed by atoms with van der Waals surface area (Å²) in [5.41, 5.74) is -0.896. The zero-order chi connectivity index (χ0) is 27.1. The van der Waals surface area contributed by atoms with E-state index in [2.05, 4.69) is 0 Å². The first-order valence-electron chi connectivity index (χ1n) is 8.81. The van der Waals surface area contributed by atoms with Crippen LogP contribution in [0, 0.1) is 0 Å². The van der Waals surface area contributed by atoms with Crippen LogP contribution in [0.2, 0.25) is 0 Å². The zero-order valence-electron chi connectivity index (χ0n) is 16.4. The van der Waals surface area contributed by atoms with E-state index in [9.17, 15) is 61.9 Å². The summed E-state index contributed by atoms with van der Waals surface area (Å²) >= 11 is 0. The number of hydrogen-bond acceptors (Lipinski definition) is 2. The van der Waals surface area contributed by atoms with Gasteiger partial charge in [-0.25, -0.2) is 0 Å². The highest BCUT2D eigenvalue weighted by Gasteiger charge is 2.91. The molecule has 35 heavy (non-hydrogen) atoms. The van der Waals surface area contributed by atoms with Crippen LogP contribution >= 0.6 is 0 Å². The number of anilines is 1. The van der Waals surface area contributed by atoms with Crippen molar-refractivity contribution in [3.05, 3.63) is 54.6 Å². The number of carbonyl (C=O) groups is 1. The molecule has 0 fully saturated rings. The van der Waals surface area contributed by atoms with Crippen LogP contribution in [0.5, 0.6) is 11.5 Å². The van der Waals surface area contributed by atoms with Crippen molar-refractivity contribution in [1.82, 2.24) is 0 Å². The lowest BCUT2D eigenvalue weighted by Crippen LogP contribution is -2.71. The number of alkyl halides is 13. The van der Waals surface area contributed by atoms with Crippen molar-refractivity contribution in [2.45, 2.75) is 35.8 Å². The first-order valence-corrected chi connectivity index (χ1v) is 8.81. The van der Waals surface area contributed by atoms with Crippen molar-refractivity contribution in [3.8, 4) is 11.5 Å². The summed E-state index contributed by atoms with van der Waals surface area (Å²) in [5, 5.41) is 0.988. The van der Waals surface area contributed by atoms with Gasteiger partial charge in [-0.05, 0) is 24.3 Å². The van der Waals surface area contributed by atoms with Gasteiger partial charge in [0, 0.05) is 0 Å². The van der Waals surface area contributed by atoms with Gasteiger partial charge in [-0.15, -0.1) is 0 Å². The number of benzene rings is 2. The Morgan fingerprint density at radius 1 is 0.600 bits per heavy atom. The Hall–Kier alpha value is -3.20. The maximum Gasteiger partial charge on any atom is 0.460 e. The van der Waals surface area contributed by atoms with Gasteiger partial charge in [-0.2, -0.15) is 57.1 Å². The third-order valence-electron chi connectivity index (χ3n) is 4.32. The Kier molecular flexibility index (Phi) is 7.04. The number of nitrogens with one attached hydrogen (secondary N) is 1. The van der Waals surface area contributed by atoms with Gasteiger partial charge in [-0.1, -0.05) is 30.3 Å². The van der Waals surface area contributed by atoms with E-state index < -0.39 is 53.1 Å². The predicted octanol–water partition coefficient (Wildman–Crippen LogP) is 7.16. The van der Waals surface area contributed by atoms with Gasteiger partial charge in [0.05, 0.1) is 5.69 Å². The van der Waals surface area contributed by atoms with E-state index >= 15 is 0 Å². The highest BCUT2D eigenvalue weighted by atomic mass is 19.4. The van der Waals surface area contributed by atoms with Crippen LogP contribution in [-0.2, 0) is 4.79 Å². The standard InChI is InChI=1S/C19H10F13NO2/c20-14(21,15(22,23)16(24,25)17(26,27)18(28,29)19(30,31)32)13(34)33-11-8-4-5-9-12(11)35-10-6-2-1-3-7-10/h1-9H,(H,33,34). The zero-order valence-corrected chi connectivity index (χ0v) is 16.4. The van der Waals surface area contributed by atoms with Crippen LogP contribution in [-0.4, -0.2) is 41.7 Å². The first-order chi connectivity index (χ1) is 15.7. The lowest BCUT2D eigenvalue weighted by atomic mass is 9.93. The topological polar surface area (TPSA) is 38.3 Å². The molecule has 194 valence electrons. The molecule has 2 aromatic rings. The summed E-state index contributed by atoms with van der Waals surface area (Å²) in [5.74, 6) is -42.7. The molecular weight excluding hydrogens is 521 g/mol. The molecule has 0 aliphatic heterocycles. The number of hydrogen-bond donors (Lipinski definition) is 1. The second kappa shape index (κ2) is 8.78. The van der Waals surface area contributed by atoms with Crippen molar-refractivity contribution in [2.75, 3.05) is 5.32 Å². The SMILES string of the molecule is O=C(Nc1ccccc1Oc1ccccc1)C(F)(F)C(F)(F)C(F)(F)C(F)(F)C(F)(F)C(F)(F)F. The molecule has 0 saturated heterocycles. The molecule has 0 saturated carbocycles. The minimum Gasteiger partial charge on any atom is -0.455 e. The van der Waals surface area contributed by atoms with E-state index in [4.69, 9.17) is 4.74 Å². The second-order valence-corrected chi connectivity index (χ2v) is 6.74. The molecule has 0 spiro atoms. The smallest absolute Gasteiger partial charge is 0.455 e. The van der Waals surface area contributed by atoms with Gasteiger partial charge in [0.2, 0.25) is 0 Å². The molecular formula is C19H10F13NO2. The summed E-state index contributed by atoms with van der Waals surface area (Å²) in [6.07, 6.45) is -7.54. The first kappa shape index (κ1) is 28.0. The van der Waals surface area contributed by atoms with Gasteiger partial charge in [0.25, 0.3) is 0 Å². The molecule has 0 unspecified atom stereocenters. The molecule has 0 atom stereocenters. The summed E-state index contributed by atoms with van der Waals surface area (Å²) < 4.78 is 177. The predicted molar refractivity (Wildman–Crippen MR) is 92.4 cm³/mol. The van der Waals surface area contributed by atoms with E-state index in [0.717, 1.165) is 23.5 Å². The van der Waals surface area contributed by atoms with Crippen molar-refractivity contribution < 1.29 is 66.6 Å². The molecule has 1 amide bonds. The lowest BCUT2D eigenvalue weighted by Gasteiger charge is -2.39. The number of rotatable bonds is 8. The highest BCUT2D eigenvalue weighted by Crippen LogP contribution is 2.60. The molecule has 3 nitrogen and oxygen atoms in total. The van der Waals surface area contributed by atoms with Crippen LogP contribution in [0.25, 0.3) is 0 Å². The largest absolute Gasteiger partial charge is 0.460 e. The quantitative estimate of drug-likeness (QED) is 0.368. The Labute approximate surface area is 186 Å². The Morgan fingerprint density at radius 2 is 1.06 bits per heavy atom. The fraction of sp³-hybridized carbons (Fsp3) is 0.316. The van der Waals surface area contributed by atoms with Crippen LogP contribution in [0.1, 0.15) is 0 Å². The number of para-hydroxylation sites is 3. The third kappa shape index (κ3) is 4.57. The lowest BCUT2D eigenvalue weighted by molar-refractivity contribution is -0.435. The van der Waals surface area contributed by atoms with Crippen LogP contribution in [0.4, 0.5) is 62.8 Å². The van der Waals surface area contributed by atoms with Crippen LogP contribution < -0.4 is 10.1 Å². The minimum absolute atomic E-state index is 0.00755. The Bertz CT molecular complexity index is 1050. The second-order valence-electron chi connectivity index (χ2n) is 6.74. The number of ether oxygens (including phenoxy) is 1. The summed E-state index contributed by atoms with van der Waals surface area (Å²) in [6, 6.07) is 10.8. The van der Waals surface area contributed by atoms with Crippen molar-refractivity contribution in [1.29, 1.82) is 0 Å². The number of amides is 1. The summed E-state index contributed by atoms with van der Waals surface area (Å²) in [7, 11) is 0. The molecule has 0 aliphatic rings. The fourth-order valence-electron chi connectivity index (χ4n) is 2.39. The van der Waals surface area contributed by atoms with Crippen LogP contribution in [0.3, 0.4) is 0 Å². The number of halogens is 13. The van der Waals surface area contributed by atoms with Crippen molar-refractivity contribution in [3.63, 3.8) is 0 Å². The Balaban J connectivity index is 2.42. The van der Waals surface area contributed by atoms with Gasteiger partial charge in [0.15, 0.2) is 5.75 Å². The van der Waals surface area contributed by atoms with Gasteiger partial charge in [0.1, 0.15) is 5.75 Å². The molecule has 0 radical (unpaired) electrons. The van der Waals surface area contributed by atoms with E-state index in [1.165, 1.54) is 36.4 Å². The third-order valence-corrected chi connectivity index (χ3v) is 4.32. The van der Waals surface area contributed by atoms with E-state index in [1.54, 1.807) is 0 Å². The molecule has 2 rings (SSSR count). The number of carbonyl (C=O) groups excluding carboxylic acids is 1. The van der Waals surface area contributed by atoms with E-state index in [0.29, 0.717) is 0 Å². The maximum atomic E-state index is 14.0. The molecule has 1 N–H and O–H groups in total. The molecule has 0 aromatic heterocycles. The monoisotopic (exact) mass is 531 g/mol. The van der Waals surface area contributed by atoms with E-state index in [1.807, 2.05) is 0 Å². The van der Waals surface area contributed by atoms with Gasteiger partial charge < -0.3 is 10.1 Å². The summed E-state index contributed by atoms with van der Waals surface area (Å²) in [6.45, 7) is 0. The van der Waals surface area contributed by atoms with Gasteiger partial charge in [-0.3, -0.25) is 4.79 Å². The normalized spacial score (nSPS) is 14.0. The van der Waals surface area contributed by atoms with Crippen LogP contribution in [0.15, 0.2) is 54.6 Å². The minimum atomic E-state index is -8.10. The molecule has 0 heterocycles. The van der Waals surface area contributed by atoms with Gasteiger partial charge >= 0.3 is 41.7 Å². The van der Waals surface area contributed by atoms with E-state index in [-0.39, 0.29) is 5.75 Å². The highest BCUT2D eigenvalue weighted by molar-refractivity contribution is 5.98. The molecule has 16 heteroatoms.